The molecular formula is C19H18FN5O3. The van der Waals surface area contributed by atoms with Crippen LogP contribution in [0.1, 0.15) is 23.2 Å². The maximum Gasteiger partial charge on any atom is 0.275 e. The molecule has 0 aromatic carbocycles. The van der Waals surface area contributed by atoms with Crippen LogP contribution in [0.3, 0.4) is 0 Å². The zero-order valence-electron chi connectivity index (χ0n) is 15.1. The Morgan fingerprint density at radius 2 is 2.14 bits per heavy atom. The van der Waals surface area contributed by atoms with Crippen LogP contribution in [-0.2, 0) is 29.1 Å². The van der Waals surface area contributed by atoms with Crippen molar-refractivity contribution in [1.29, 1.82) is 0 Å². The number of aromatic amines is 1. The number of nitrogens with zero attached hydrogens (tertiary/aromatic N) is 2. The summed E-state index contributed by atoms with van der Waals surface area (Å²) in [5, 5.41) is 5.66. The largest absolute Gasteiger partial charge is 0.350 e. The summed E-state index contributed by atoms with van der Waals surface area (Å²) in [6, 6.07) is 3.43. The van der Waals surface area contributed by atoms with Crippen molar-refractivity contribution in [2.45, 2.75) is 32.9 Å². The van der Waals surface area contributed by atoms with Crippen molar-refractivity contribution in [2.75, 3.05) is 5.32 Å². The Bertz CT molecular complexity index is 1160. The molecule has 144 valence electrons. The molecular weight excluding hydrogens is 365 g/mol. The van der Waals surface area contributed by atoms with Gasteiger partial charge in [0.1, 0.15) is 23.7 Å². The Balaban J connectivity index is 1.49. The van der Waals surface area contributed by atoms with E-state index in [1.54, 1.807) is 19.2 Å². The molecule has 0 atom stereocenters. The molecule has 0 radical (unpaired) electrons. The van der Waals surface area contributed by atoms with Gasteiger partial charge in [-0.15, -0.1) is 0 Å². The number of rotatable bonds is 4. The fourth-order valence-electron chi connectivity index (χ4n) is 3.32. The van der Waals surface area contributed by atoms with Gasteiger partial charge in [-0.05, 0) is 36.6 Å². The molecule has 1 aliphatic heterocycles. The number of aromatic nitrogens is 3. The van der Waals surface area contributed by atoms with Crippen LogP contribution in [-0.4, -0.2) is 26.3 Å². The summed E-state index contributed by atoms with van der Waals surface area (Å²) in [4.78, 5) is 43.4. The van der Waals surface area contributed by atoms with E-state index in [4.69, 9.17) is 0 Å². The van der Waals surface area contributed by atoms with Crippen LogP contribution in [0, 0.1) is 12.7 Å². The molecule has 1 aliphatic rings. The van der Waals surface area contributed by atoms with Gasteiger partial charge in [-0.2, -0.15) is 0 Å². The van der Waals surface area contributed by atoms with E-state index in [1.165, 1.54) is 10.8 Å². The van der Waals surface area contributed by atoms with Crippen LogP contribution in [0.4, 0.5) is 10.1 Å². The number of halogens is 1. The van der Waals surface area contributed by atoms with E-state index in [9.17, 15) is 18.8 Å². The molecule has 0 saturated carbocycles. The molecule has 3 aromatic rings. The van der Waals surface area contributed by atoms with E-state index >= 15 is 0 Å². The molecule has 28 heavy (non-hydrogen) atoms. The standard InChI is InChI=1S/C19H18FN5O3/c1-10-4-12-2-3-15(26)24-17(12)19(28)25(10)9-16(27)21-6-11-5-13-14(20)8-23-18(13)22-7-11/h4-5,7-8H,2-3,6,9H2,1H3,(H,21,27)(H,22,23)(H,24,26). The highest BCUT2D eigenvalue weighted by Gasteiger charge is 2.21. The lowest BCUT2D eigenvalue weighted by molar-refractivity contribution is -0.122. The van der Waals surface area contributed by atoms with Crippen LogP contribution < -0.4 is 16.2 Å². The van der Waals surface area contributed by atoms with E-state index in [1.807, 2.05) is 6.07 Å². The number of carbonyl (C=O) groups excluding carboxylic acids is 2. The van der Waals surface area contributed by atoms with Gasteiger partial charge in [0.15, 0.2) is 0 Å². The van der Waals surface area contributed by atoms with Crippen molar-refractivity contribution in [3.8, 4) is 0 Å². The number of amides is 2. The molecule has 0 unspecified atom stereocenters. The molecule has 0 saturated heterocycles. The molecule has 2 amide bonds. The predicted octanol–water partition coefficient (Wildman–Crippen LogP) is 1.37. The third-order valence-corrected chi connectivity index (χ3v) is 4.80. The number of carbonyl (C=O) groups is 2. The topological polar surface area (TPSA) is 109 Å². The highest BCUT2D eigenvalue weighted by Crippen LogP contribution is 2.19. The average molecular weight is 383 g/mol. The Hall–Kier alpha value is -3.49. The molecule has 4 rings (SSSR count). The number of nitrogens with one attached hydrogen (secondary N) is 3. The highest BCUT2D eigenvalue weighted by atomic mass is 19.1. The number of fused-ring (bicyclic) bond motifs is 2. The van der Waals surface area contributed by atoms with Gasteiger partial charge in [-0.25, -0.2) is 9.37 Å². The minimum absolute atomic E-state index is 0.155. The predicted molar refractivity (Wildman–Crippen MR) is 100 cm³/mol. The number of hydrogen-bond donors (Lipinski definition) is 3. The summed E-state index contributed by atoms with van der Waals surface area (Å²) < 4.78 is 15.0. The van der Waals surface area contributed by atoms with Crippen molar-refractivity contribution < 1.29 is 14.0 Å². The van der Waals surface area contributed by atoms with Crippen LogP contribution in [0.2, 0.25) is 0 Å². The molecule has 0 bridgehead atoms. The van der Waals surface area contributed by atoms with Crippen molar-refractivity contribution >= 4 is 28.5 Å². The van der Waals surface area contributed by atoms with Gasteiger partial charge < -0.3 is 20.2 Å². The smallest absolute Gasteiger partial charge is 0.275 e. The van der Waals surface area contributed by atoms with Gasteiger partial charge in [0, 0.05) is 31.1 Å². The molecule has 8 nitrogen and oxygen atoms in total. The summed E-state index contributed by atoms with van der Waals surface area (Å²) in [5.74, 6) is -0.986. The van der Waals surface area contributed by atoms with Gasteiger partial charge in [0.2, 0.25) is 11.8 Å². The lowest BCUT2D eigenvalue weighted by atomic mass is 10.0. The van der Waals surface area contributed by atoms with Crippen LogP contribution in [0.5, 0.6) is 0 Å². The van der Waals surface area contributed by atoms with Crippen molar-refractivity contribution in [2.24, 2.45) is 0 Å². The first kappa shape index (κ1) is 17.9. The molecule has 0 spiro atoms. The molecule has 0 aliphatic carbocycles. The summed E-state index contributed by atoms with van der Waals surface area (Å²) >= 11 is 0. The second-order valence-electron chi connectivity index (χ2n) is 6.78. The normalized spacial score (nSPS) is 13.3. The first-order chi connectivity index (χ1) is 13.4. The zero-order chi connectivity index (χ0) is 19.8. The quantitative estimate of drug-likeness (QED) is 0.632. The van der Waals surface area contributed by atoms with E-state index < -0.39 is 11.4 Å². The number of hydrogen-bond acceptors (Lipinski definition) is 4. The van der Waals surface area contributed by atoms with Crippen LogP contribution in [0.15, 0.2) is 29.3 Å². The maximum absolute atomic E-state index is 13.6. The summed E-state index contributed by atoms with van der Waals surface area (Å²) in [6.45, 7) is 1.72. The second kappa shape index (κ2) is 6.91. The van der Waals surface area contributed by atoms with Gasteiger partial charge in [-0.1, -0.05) is 0 Å². The van der Waals surface area contributed by atoms with Crippen molar-refractivity contribution in [3.63, 3.8) is 0 Å². The highest BCUT2D eigenvalue weighted by molar-refractivity contribution is 5.93. The Kier molecular flexibility index (Phi) is 4.42. The maximum atomic E-state index is 13.6. The number of anilines is 1. The van der Waals surface area contributed by atoms with E-state index in [0.29, 0.717) is 35.1 Å². The molecule has 3 N–H and O–H groups in total. The molecule has 0 fully saturated rings. The van der Waals surface area contributed by atoms with Crippen molar-refractivity contribution in [3.05, 3.63) is 57.5 Å². The third kappa shape index (κ3) is 3.26. The Morgan fingerprint density at radius 3 is 2.96 bits per heavy atom. The number of H-pyrrole nitrogens is 1. The Labute approximate surface area is 158 Å². The van der Waals surface area contributed by atoms with Gasteiger partial charge >= 0.3 is 0 Å². The number of aryl methyl sites for hydroxylation is 2. The first-order valence-corrected chi connectivity index (χ1v) is 8.84. The fraction of sp³-hybridized carbons (Fsp3) is 0.263. The summed E-state index contributed by atoms with van der Waals surface area (Å²) in [6.07, 6.45) is 3.63. The van der Waals surface area contributed by atoms with E-state index in [0.717, 1.165) is 5.56 Å². The molecule has 4 heterocycles. The minimum atomic E-state index is -0.408. The molecule has 9 heteroatoms. The minimum Gasteiger partial charge on any atom is -0.350 e. The summed E-state index contributed by atoms with van der Waals surface area (Å²) in [7, 11) is 0. The monoisotopic (exact) mass is 383 g/mol. The summed E-state index contributed by atoms with van der Waals surface area (Å²) in [5.41, 5.74) is 2.36. The van der Waals surface area contributed by atoms with Crippen LogP contribution in [0.25, 0.3) is 11.0 Å². The SMILES string of the molecule is Cc1cc2c(c(=O)n1CC(=O)NCc1cnc3[nH]cc(F)c3c1)NC(=O)CC2. The first-order valence-electron chi connectivity index (χ1n) is 8.84. The zero-order valence-corrected chi connectivity index (χ0v) is 15.1. The number of pyridine rings is 2. The van der Waals surface area contributed by atoms with Gasteiger partial charge in [0.25, 0.3) is 5.56 Å². The van der Waals surface area contributed by atoms with Gasteiger partial charge in [0.05, 0.1) is 5.39 Å². The second-order valence-corrected chi connectivity index (χ2v) is 6.78. The van der Waals surface area contributed by atoms with E-state index in [2.05, 4.69) is 20.6 Å². The van der Waals surface area contributed by atoms with Crippen molar-refractivity contribution in [1.82, 2.24) is 19.9 Å². The van der Waals surface area contributed by atoms with E-state index in [-0.39, 0.29) is 30.6 Å². The fourth-order valence-corrected chi connectivity index (χ4v) is 3.32. The average Bonchev–Trinajstić information content (AvgIpc) is 3.05. The van der Waals surface area contributed by atoms with Crippen LogP contribution >= 0.6 is 0 Å². The lowest BCUT2D eigenvalue weighted by Crippen LogP contribution is -2.36. The lowest BCUT2D eigenvalue weighted by Gasteiger charge is -2.19. The Morgan fingerprint density at radius 1 is 1.32 bits per heavy atom. The third-order valence-electron chi connectivity index (χ3n) is 4.80. The van der Waals surface area contributed by atoms with Gasteiger partial charge in [-0.3, -0.25) is 14.4 Å². The molecule has 3 aromatic heterocycles.